The molecule has 3 aromatic heterocycles. The quantitative estimate of drug-likeness (QED) is 0.244. The van der Waals surface area contributed by atoms with Crippen LogP contribution in [0.15, 0.2) is 81.9 Å². The number of amides is 1. The lowest BCUT2D eigenvalue weighted by molar-refractivity contribution is 0.0675. The van der Waals surface area contributed by atoms with Crippen LogP contribution in [0.4, 0.5) is 5.82 Å². The summed E-state index contributed by atoms with van der Waals surface area (Å²) >= 11 is 0. The molecule has 1 fully saturated rings. The van der Waals surface area contributed by atoms with Crippen molar-refractivity contribution in [1.82, 2.24) is 15.0 Å². The summed E-state index contributed by atoms with van der Waals surface area (Å²) in [6.07, 6.45) is 1.59. The maximum atomic E-state index is 13.9. The second-order valence-electron chi connectivity index (χ2n) is 9.62. The summed E-state index contributed by atoms with van der Waals surface area (Å²) in [6.45, 7) is 2.98. The molecule has 0 atom stereocenters. The van der Waals surface area contributed by atoms with Gasteiger partial charge in [0, 0.05) is 35.7 Å². The number of carbonyl (C=O) groups is 1. The van der Waals surface area contributed by atoms with Gasteiger partial charge in [0.15, 0.2) is 0 Å². The first kappa shape index (κ1) is 26.4. The summed E-state index contributed by atoms with van der Waals surface area (Å²) in [6, 6.07) is 20.6. The van der Waals surface area contributed by atoms with Gasteiger partial charge in [0.05, 0.1) is 46.8 Å². The highest BCUT2D eigenvalue weighted by Gasteiger charge is 2.27. The summed E-state index contributed by atoms with van der Waals surface area (Å²) in [7, 11) is 3.24. The summed E-state index contributed by atoms with van der Waals surface area (Å²) in [5.41, 5.74) is 2.98. The Morgan fingerprint density at radius 1 is 0.951 bits per heavy atom. The van der Waals surface area contributed by atoms with Gasteiger partial charge in [0.2, 0.25) is 5.76 Å². The predicted octanol–water partition coefficient (Wildman–Crippen LogP) is 5.18. The molecule has 4 heterocycles. The number of pyridine rings is 1. The van der Waals surface area contributed by atoms with E-state index in [2.05, 4.69) is 10.1 Å². The van der Waals surface area contributed by atoms with Crippen molar-refractivity contribution in [1.29, 1.82) is 0 Å². The van der Waals surface area contributed by atoms with E-state index in [0.29, 0.717) is 54.8 Å². The zero-order chi connectivity index (χ0) is 28.2. The Morgan fingerprint density at radius 3 is 2.46 bits per heavy atom. The Kier molecular flexibility index (Phi) is 7.55. The number of morpholine rings is 1. The van der Waals surface area contributed by atoms with Gasteiger partial charge in [-0.3, -0.25) is 4.79 Å². The highest BCUT2D eigenvalue weighted by Crippen LogP contribution is 2.36. The van der Waals surface area contributed by atoms with Crippen LogP contribution < -0.4 is 14.4 Å². The number of rotatable bonds is 9. The number of hydrogen-bond donors (Lipinski definition) is 0. The average molecular weight is 555 g/mol. The Labute approximate surface area is 237 Å². The first-order chi connectivity index (χ1) is 20.1. The van der Waals surface area contributed by atoms with E-state index >= 15 is 0 Å². The average Bonchev–Trinajstić information content (AvgIpc) is 3.73. The lowest BCUT2D eigenvalue weighted by atomic mass is 10.1. The standard InChI is InChI=1S/C31H30N4O6/c1-37-26-10-11-27(38-2)29-24(26)17-22(30(32-29)34-12-15-39-16-13-34)19-35(20-23-9-6-14-40-23)31(36)28-18-25(33-41-28)21-7-4-3-5-8-21/h3-11,14,17-18H,12-13,15-16,19-20H2,1-2H3. The van der Waals surface area contributed by atoms with Crippen LogP contribution in [0.5, 0.6) is 11.5 Å². The van der Waals surface area contributed by atoms with Crippen molar-refractivity contribution in [3.05, 3.63) is 90.1 Å². The molecule has 41 heavy (non-hydrogen) atoms. The summed E-state index contributed by atoms with van der Waals surface area (Å²) in [5.74, 6) is 2.52. The van der Waals surface area contributed by atoms with Gasteiger partial charge in [-0.05, 0) is 30.3 Å². The molecule has 0 N–H and O–H groups in total. The first-order valence-corrected chi connectivity index (χ1v) is 13.4. The lowest BCUT2D eigenvalue weighted by Gasteiger charge is -2.31. The second-order valence-corrected chi connectivity index (χ2v) is 9.62. The molecule has 1 saturated heterocycles. The molecule has 1 aliphatic rings. The van der Waals surface area contributed by atoms with Crippen molar-refractivity contribution in [3.8, 4) is 22.8 Å². The number of aromatic nitrogens is 2. The number of nitrogens with zero attached hydrogens (tertiary/aromatic N) is 4. The van der Waals surface area contributed by atoms with Crippen LogP contribution in [-0.4, -0.2) is 61.5 Å². The normalized spacial score (nSPS) is 13.4. The third-order valence-corrected chi connectivity index (χ3v) is 7.08. The summed E-state index contributed by atoms with van der Waals surface area (Å²) in [5, 5.41) is 4.94. The molecule has 0 saturated carbocycles. The minimum atomic E-state index is -0.318. The number of benzene rings is 2. The molecule has 10 heteroatoms. The number of methoxy groups -OCH3 is 2. The number of carbonyl (C=O) groups excluding carboxylic acids is 1. The topological polar surface area (TPSA) is 103 Å². The number of hydrogen-bond acceptors (Lipinski definition) is 9. The fraction of sp³-hybridized carbons (Fsp3) is 0.258. The monoisotopic (exact) mass is 554 g/mol. The zero-order valence-corrected chi connectivity index (χ0v) is 22.9. The van der Waals surface area contributed by atoms with E-state index in [-0.39, 0.29) is 24.8 Å². The van der Waals surface area contributed by atoms with Gasteiger partial charge < -0.3 is 33.0 Å². The van der Waals surface area contributed by atoms with Gasteiger partial charge in [0.1, 0.15) is 34.3 Å². The molecule has 10 nitrogen and oxygen atoms in total. The molecule has 1 amide bonds. The third-order valence-electron chi connectivity index (χ3n) is 7.08. The van der Waals surface area contributed by atoms with E-state index in [1.54, 1.807) is 37.5 Å². The number of ether oxygens (including phenoxy) is 3. The fourth-order valence-corrected chi connectivity index (χ4v) is 5.02. The summed E-state index contributed by atoms with van der Waals surface area (Å²) < 4.78 is 28.1. The highest BCUT2D eigenvalue weighted by atomic mass is 16.5. The Balaban J connectivity index is 1.42. The lowest BCUT2D eigenvalue weighted by Crippen LogP contribution is -2.38. The van der Waals surface area contributed by atoms with E-state index in [1.807, 2.05) is 54.6 Å². The van der Waals surface area contributed by atoms with Crippen molar-refractivity contribution < 1.29 is 27.9 Å². The maximum Gasteiger partial charge on any atom is 0.293 e. The van der Waals surface area contributed by atoms with Crippen LogP contribution in [0, 0.1) is 0 Å². The predicted molar refractivity (Wildman–Crippen MR) is 152 cm³/mol. The fourth-order valence-electron chi connectivity index (χ4n) is 5.02. The third kappa shape index (κ3) is 5.46. The molecule has 0 bridgehead atoms. The highest BCUT2D eigenvalue weighted by molar-refractivity contribution is 5.94. The molecule has 1 aliphatic heterocycles. The minimum absolute atomic E-state index is 0.135. The first-order valence-electron chi connectivity index (χ1n) is 13.4. The largest absolute Gasteiger partial charge is 0.496 e. The Hall–Kier alpha value is -4.83. The van der Waals surface area contributed by atoms with Crippen molar-refractivity contribution in [3.63, 3.8) is 0 Å². The van der Waals surface area contributed by atoms with Crippen molar-refractivity contribution in [2.45, 2.75) is 13.1 Å². The SMILES string of the molecule is COc1ccc(OC)c2nc(N3CCOCC3)c(CN(Cc3ccco3)C(=O)c3cc(-c4ccccc4)no3)cc12. The zero-order valence-electron chi connectivity index (χ0n) is 22.9. The van der Waals surface area contributed by atoms with E-state index < -0.39 is 0 Å². The minimum Gasteiger partial charge on any atom is -0.496 e. The van der Waals surface area contributed by atoms with Gasteiger partial charge in [-0.2, -0.15) is 0 Å². The van der Waals surface area contributed by atoms with E-state index in [1.165, 1.54) is 0 Å². The molecule has 0 aliphatic carbocycles. The van der Waals surface area contributed by atoms with Crippen molar-refractivity contribution in [2.75, 3.05) is 45.4 Å². The van der Waals surface area contributed by atoms with Crippen LogP contribution in [0.3, 0.4) is 0 Å². The number of furan rings is 1. The van der Waals surface area contributed by atoms with Crippen LogP contribution in [0.2, 0.25) is 0 Å². The number of fused-ring (bicyclic) bond motifs is 1. The van der Waals surface area contributed by atoms with Crippen molar-refractivity contribution in [2.24, 2.45) is 0 Å². The Bertz CT molecular complexity index is 1630. The van der Waals surface area contributed by atoms with Crippen LogP contribution >= 0.6 is 0 Å². The maximum absolute atomic E-state index is 13.9. The van der Waals surface area contributed by atoms with Gasteiger partial charge in [-0.1, -0.05) is 35.5 Å². The molecule has 0 spiro atoms. The van der Waals surface area contributed by atoms with Gasteiger partial charge in [-0.25, -0.2) is 4.98 Å². The molecule has 5 aromatic rings. The van der Waals surface area contributed by atoms with Gasteiger partial charge in [0.25, 0.3) is 5.91 Å². The van der Waals surface area contributed by atoms with E-state index in [9.17, 15) is 4.79 Å². The van der Waals surface area contributed by atoms with Crippen LogP contribution in [0.25, 0.3) is 22.2 Å². The van der Waals surface area contributed by atoms with Crippen molar-refractivity contribution >= 4 is 22.6 Å². The number of anilines is 1. The molecule has 6 rings (SSSR count). The Morgan fingerprint density at radius 2 is 1.73 bits per heavy atom. The molecule has 0 unspecified atom stereocenters. The van der Waals surface area contributed by atoms with E-state index in [0.717, 1.165) is 22.3 Å². The molecule has 210 valence electrons. The molecular formula is C31H30N4O6. The second kappa shape index (κ2) is 11.7. The molecular weight excluding hydrogens is 524 g/mol. The smallest absolute Gasteiger partial charge is 0.293 e. The molecule has 2 aromatic carbocycles. The van der Waals surface area contributed by atoms with E-state index in [4.69, 9.17) is 28.1 Å². The van der Waals surface area contributed by atoms with Gasteiger partial charge >= 0.3 is 0 Å². The summed E-state index contributed by atoms with van der Waals surface area (Å²) in [4.78, 5) is 22.9. The van der Waals surface area contributed by atoms with Gasteiger partial charge in [-0.15, -0.1) is 0 Å². The van der Waals surface area contributed by atoms with Crippen LogP contribution in [-0.2, 0) is 17.8 Å². The molecule has 0 radical (unpaired) electrons. The van der Waals surface area contributed by atoms with Crippen LogP contribution in [0.1, 0.15) is 21.9 Å².